The third kappa shape index (κ3) is 3.38. The van der Waals surface area contributed by atoms with Crippen molar-refractivity contribution in [2.24, 2.45) is 5.73 Å². The second kappa shape index (κ2) is 5.16. The molecule has 1 amide bonds. The maximum absolute atomic E-state index is 11.8. The van der Waals surface area contributed by atoms with Gasteiger partial charge >= 0.3 is 0 Å². The summed E-state index contributed by atoms with van der Waals surface area (Å²) in [5.41, 5.74) is 6.40. The van der Waals surface area contributed by atoms with Gasteiger partial charge in [-0.1, -0.05) is 6.92 Å². The minimum absolute atomic E-state index is 0.0257. The largest absolute Gasteiger partial charge is 0.350 e. The van der Waals surface area contributed by atoms with E-state index >= 15 is 0 Å². The van der Waals surface area contributed by atoms with Gasteiger partial charge < -0.3 is 15.6 Å². The summed E-state index contributed by atoms with van der Waals surface area (Å²) in [6, 6.07) is 3.83. The summed E-state index contributed by atoms with van der Waals surface area (Å²) in [5.74, 6) is 0.0257. The SMILES string of the molecule is CCC(C)(C)NC(=O)Cn1cccc1CN. The molecule has 1 aromatic rings. The van der Waals surface area contributed by atoms with Crippen molar-refractivity contribution in [3.63, 3.8) is 0 Å². The molecule has 4 heteroatoms. The smallest absolute Gasteiger partial charge is 0.240 e. The molecule has 0 aliphatic rings. The van der Waals surface area contributed by atoms with E-state index in [9.17, 15) is 4.79 Å². The van der Waals surface area contributed by atoms with Crippen molar-refractivity contribution < 1.29 is 4.79 Å². The average Bonchev–Trinajstić information content (AvgIpc) is 2.64. The number of carbonyl (C=O) groups is 1. The number of aromatic nitrogens is 1. The molecule has 3 N–H and O–H groups in total. The fraction of sp³-hybridized carbons (Fsp3) is 0.583. The third-order valence-electron chi connectivity index (χ3n) is 2.81. The first-order valence-electron chi connectivity index (χ1n) is 5.63. The predicted octanol–water partition coefficient (Wildman–Crippen LogP) is 1.25. The van der Waals surface area contributed by atoms with E-state index in [4.69, 9.17) is 5.73 Å². The number of hydrogen-bond acceptors (Lipinski definition) is 2. The Labute approximate surface area is 96.8 Å². The van der Waals surface area contributed by atoms with Crippen LogP contribution in [0.3, 0.4) is 0 Å². The lowest BCUT2D eigenvalue weighted by Crippen LogP contribution is -2.44. The van der Waals surface area contributed by atoms with Crippen LogP contribution in [0.5, 0.6) is 0 Å². The fourth-order valence-corrected chi connectivity index (χ4v) is 1.45. The summed E-state index contributed by atoms with van der Waals surface area (Å²) in [4.78, 5) is 11.8. The van der Waals surface area contributed by atoms with Gasteiger partial charge in [-0.15, -0.1) is 0 Å². The van der Waals surface area contributed by atoms with Gasteiger partial charge in [0, 0.05) is 24.0 Å². The van der Waals surface area contributed by atoms with Crippen molar-refractivity contribution in [2.45, 2.75) is 45.8 Å². The van der Waals surface area contributed by atoms with Gasteiger partial charge in [-0.05, 0) is 32.4 Å². The average molecular weight is 223 g/mol. The van der Waals surface area contributed by atoms with Crippen LogP contribution in [0.4, 0.5) is 0 Å². The van der Waals surface area contributed by atoms with Gasteiger partial charge in [0.25, 0.3) is 0 Å². The highest BCUT2D eigenvalue weighted by Crippen LogP contribution is 2.07. The third-order valence-corrected chi connectivity index (χ3v) is 2.81. The normalized spacial score (nSPS) is 11.5. The maximum Gasteiger partial charge on any atom is 0.240 e. The highest BCUT2D eigenvalue weighted by atomic mass is 16.2. The lowest BCUT2D eigenvalue weighted by molar-refractivity contribution is -0.123. The molecule has 1 aromatic heterocycles. The number of nitrogens with two attached hydrogens (primary N) is 1. The number of carbonyl (C=O) groups excluding carboxylic acids is 1. The van der Waals surface area contributed by atoms with Crippen molar-refractivity contribution >= 4 is 5.91 Å². The van der Waals surface area contributed by atoms with Crippen LogP contribution in [0, 0.1) is 0 Å². The van der Waals surface area contributed by atoms with E-state index in [1.54, 1.807) is 0 Å². The molecule has 0 aliphatic carbocycles. The molecule has 0 bridgehead atoms. The van der Waals surface area contributed by atoms with Crippen molar-refractivity contribution in [3.8, 4) is 0 Å². The predicted molar refractivity (Wildman–Crippen MR) is 64.8 cm³/mol. The number of nitrogens with one attached hydrogen (secondary N) is 1. The summed E-state index contributed by atoms with van der Waals surface area (Å²) < 4.78 is 1.88. The van der Waals surface area contributed by atoms with E-state index in [-0.39, 0.29) is 11.4 Å². The van der Waals surface area contributed by atoms with Crippen LogP contribution in [-0.4, -0.2) is 16.0 Å². The molecule has 90 valence electrons. The van der Waals surface area contributed by atoms with Crippen LogP contribution in [0.1, 0.15) is 32.9 Å². The van der Waals surface area contributed by atoms with Gasteiger partial charge in [0.2, 0.25) is 5.91 Å². The quantitative estimate of drug-likeness (QED) is 0.789. The zero-order chi connectivity index (χ0) is 12.2. The Kier molecular flexibility index (Phi) is 4.12. The maximum atomic E-state index is 11.8. The molecule has 0 radical (unpaired) electrons. The van der Waals surface area contributed by atoms with Crippen molar-refractivity contribution in [2.75, 3.05) is 0 Å². The Hall–Kier alpha value is -1.29. The molecular formula is C12H21N3O. The number of amides is 1. The van der Waals surface area contributed by atoms with Crippen LogP contribution >= 0.6 is 0 Å². The van der Waals surface area contributed by atoms with Gasteiger partial charge in [0.1, 0.15) is 6.54 Å². The first kappa shape index (κ1) is 12.8. The highest BCUT2D eigenvalue weighted by Gasteiger charge is 2.17. The topological polar surface area (TPSA) is 60.0 Å². The number of rotatable bonds is 5. The van der Waals surface area contributed by atoms with Crippen LogP contribution < -0.4 is 11.1 Å². The van der Waals surface area contributed by atoms with Gasteiger partial charge in [0.15, 0.2) is 0 Å². The summed E-state index contributed by atoms with van der Waals surface area (Å²) in [5, 5.41) is 2.99. The summed E-state index contributed by atoms with van der Waals surface area (Å²) in [7, 11) is 0. The minimum Gasteiger partial charge on any atom is -0.350 e. The first-order chi connectivity index (χ1) is 7.48. The Morgan fingerprint density at radius 2 is 2.25 bits per heavy atom. The lowest BCUT2D eigenvalue weighted by atomic mass is 10.0. The van der Waals surface area contributed by atoms with Crippen LogP contribution in [0.2, 0.25) is 0 Å². The molecule has 1 rings (SSSR count). The van der Waals surface area contributed by atoms with Gasteiger partial charge in [-0.2, -0.15) is 0 Å². The number of nitrogens with zero attached hydrogens (tertiary/aromatic N) is 1. The monoisotopic (exact) mass is 223 g/mol. The first-order valence-corrected chi connectivity index (χ1v) is 5.63. The molecule has 0 unspecified atom stereocenters. The fourth-order valence-electron chi connectivity index (χ4n) is 1.45. The molecule has 0 saturated carbocycles. The molecule has 16 heavy (non-hydrogen) atoms. The van der Waals surface area contributed by atoms with Gasteiger partial charge in [0.05, 0.1) is 0 Å². The van der Waals surface area contributed by atoms with Crippen molar-refractivity contribution in [3.05, 3.63) is 24.0 Å². The summed E-state index contributed by atoms with van der Waals surface area (Å²) >= 11 is 0. The Bertz CT molecular complexity index is 355. The Morgan fingerprint density at radius 3 is 2.81 bits per heavy atom. The second-order valence-electron chi connectivity index (χ2n) is 4.62. The second-order valence-corrected chi connectivity index (χ2v) is 4.62. The lowest BCUT2D eigenvalue weighted by Gasteiger charge is -2.24. The van der Waals surface area contributed by atoms with Crippen LogP contribution in [0.15, 0.2) is 18.3 Å². The molecule has 0 fully saturated rings. The minimum atomic E-state index is -0.146. The molecule has 1 heterocycles. The summed E-state index contributed by atoms with van der Waals surface area (Å²) in [6.45, 7) is 6.89. The Morgan fingerprint density at radius 1 is 1.56 bits per heavy atom. The molecule has 0 aromatic carbocycles. The van der Waals surface area contributed by atoms with E-state index in [1.807, 2.05) is 36.7 Å². The van der Waals surface area contributed by atoms with E-state index in [0.717, 1.165) is 12.1 Å². The Balaban J connectivity index is 2.58. The molecule has 4 nitrogen and oxygen atoms in total. The van der Waals surface area contributed by atoms with Crippen LogP contribution in [-0.2, 0) is 17.9 Å². The van der Waals surface area contributed by atoms with Crippen LogP contribution in [0.25, 0.3) is 0 Å². The van der Waals surface area contributed by atoms with Crippen molar-refractivity contribution in [1.29, 1.82) is 0 Å². The van der Waals surface area contributed by atoms with Gasteiger partial charge in [-0.3, -0.25) is 4.79 Å². The van der Waals surface area contributed by atoms with E-state index in [0.29, 0.717) is 13.1 Å². The zero-order valence-corrected chi connectivity index (χ0v) is 10.3. The zero-order valence-electron chi connectivity index (χ0n) is 10.3. The molecule has 0 aliphatic heterocycles. The standard InChI is InChI=1S/C12H21N3O/c1-4-12(2,3)14-11(16)9-15-7-5-6-10(15)8-13/h5-7H,4,8-9,13H2,1-3H3,(H,14,16). The molecule has 0 saturated heterocycles. The number of hydrogen-bond donors (Lipinski definition) is 2. The van der Waals surface area contributed by atoms with E-state index < -0.39 is 0 Å². The van der Waals surface area contributed by atoms with E-state index in [1.165, 1.54) is 0 Å². The molecular weight excluding hydrogens is 202 g/mol. The van der Waals surface area contributed by atoms with Crippen molar-refractivity contribution in [1.82, 2.24) is 9.88 Å². The summed E-state index contributed by atoms with van der Waals surface area (Å²) in [6.07, 6.45) is 2.79. The van der Waals surface area contributed by atoms with Gasteiger partial charge in [-0.25, -0.2) is 0 Å². The highest BCUT2D eigenvalue weighted by molar-refractivity contribution is 5.76. The molecule has 0 atom stereocenters. The van der Waals surface area contributed by atoms with E-state index in [2.05, 4.69) is 12.2 Å². The molecule has 0 spiro atoms.